The summed E-state index contributed by atoms with van der Waals surface area (Å²) < 4.78 is 2.42. The van der Waals surface area contributed by atoms with Crippen LogP contribution in [-0.2, 0) is 0 Å². The van der Waals surface area contributed by atoms with E-state index in [2.05, 4.69) is 168 Å². The average molecular weight is 624 g/mol. The summed E-state index contributed by atoms with van der Waals surface area (Å²) in [6.45, 7) is 0. The maximum Gasteiger partial charge on any atom is 0.161 e. The molecule has 0 radical (unpaired) electrons. The van der Waals surface area contributed by atoms with E-state index in [-0.39, 0.29) is 0 Å². The maximum absolute atomic E-state index is 5.22. The summed E-state index contributed by atoms with van der Waals surface area (Å²) in [7, 11) is 0. The van der Waals surface area contributed by atoms with E-state index < -0.39 is 0 Å². The van der Waals surface area contributed by atoms with Crippen molar-refractivity contribution in [1.29, 1.82) is 0 Å². The molecule has 0 aliphatic carbocycles. The SMILES string of the molecule is c1ccc(-c2nc(-c3ccc(-c4cccc5c4ccc4c6ccccc6n(-c6ccccc6)c54)c4ccccc34)nc3ccccc23)cc1. The summed E-state index contributed by atoms with van der Waals surface area (Å²) in [6.07, 6.45) is 0. The molecular formula is C46H29N3. The summed E-state index contributed by atoms with van der Waals surface area (Å²) in [5.41, 5.74) is 9.98. The van der Waals surface area contributed by atoms with Crippen molar-refractivity contribution in [2.75, 3.05) is 0 Å². The Bertz CT molecular complexity index is 2870. The zero-order valence-corrected chi connectivity index (χ0v) is 26.6. The number of para-hydroxylation sites is 3. The molecule has 0 spiro atoms. The van der Waals surface area contributed by atoms with Gasteiger partial charge in [0.15, 0.2) is 5.82 Å². The molecule has 3 heteroatoms. The van der Waals surface area contributed by atoms with Gasteiger partial charge in [-0.3, -0.25) is 0 Å². The molecule has 10 aromatic rings. The summed E-state index contributed by atoms with van der Waals surface area (Å²) in [6, 6.07) is 62.6. The maximum atomic E-state index is 5.22. The first kappa shape index (κ1) is 27.5. The number of nitrogens with zero attached hydrogens (tertiary/aromatic N) is 3. The van der Waals surface area contributed by atoms with Crippen LogP contribution in [0.25, 0.3) is 93.7 Å². The molecule has 2 aromatic heterocycles. The quantitative estimate of drug-likeness (QED) is 0.195. The molecule has 0 aliphatic rings. The standard InChI is InChI=1S/C46H29N3/c1-3-14-30(15-4-1)44-41-21-9-11-24-42(41)47-46(48-44)40-29-27-35(32-18-7-8-19-34(32)40)33-22-13-23-38-36(33)26-28-39-37-20-10-12-25-43(37)49(45(38)39)31-16-5-2-6-17-31/h1-29H. The molecule has 0 amide bonds. The zero-order chi connectivity index (χ0) is 32.3. The van der Waals surface area contributed by atoms with Crippen molar-refractivity contribution >= 4 is 54.3 Å². The highest BCUT2D eigenvalue weighted by molar-refractivity contribution is 6.21. The van der Waals surface area contributed by atoms with Gasteiger partial charge in [0.1, 0.15) is 0 Å². The Kier molecular flexibility index (Phi) is 6.18. The molecule has 49 heavy (non-hydrogen) atoms. The molecule has 0 N–H and O–H groups in total. The molecule has 8 aromatic carbocycles. The minimum atomic E-state index is 0.729. The van der Waals surface area contributed by atoms with Crippen molar-refractivity contribution in [1.82, 2.24) is 14.5 Å². The monoisotopic (exact) mass is 623 g/mol. The Morgan fingerprint density at radius 3 is 1.71 bits per heavy atom. The van der Waals surface area contributed by atoms with E-state index in [4.69, 9.17) is 9.97 Å². The number of fused-ring (bicyclic) bond motifs is 7. The fourth-order valence-corrected chi connectivity index (χ4v) is 7.64. The molecule has 2 heterocycles. The number of hydrogen-bond donors (Lipinski definition) is 0. The van der Waals surface area contributed by atoms with E-state index in [0.29, 0.717) is 0 Å². The van der Waals surface area contributed by atoms with Crippen LogP contribution in [-0.4, -0.2) is 14.5 Å². The lowest BCUT2D eigenvalue weighted by molar-refractivity contribution is 1.19. The van der Waals surface area contributed by atoms with E-state index >= 15 is 0 Å². The van der Waals surface area contributed by atoms with Crippen LogP contribution in [0.2, 0.25) is 0 Å². The lowest BCUT2D eigenvalue weighted by Crippen LogP contribution is -1.96. The average Bonchev–Trinajstić information content (AvgIpc) is 3.52. The van der Waals surface area contributed by atoms with Crippen LogP contribution in [0.5, 0.6) is 0 Å². The highest BCUT2D eigenvalue weighted by Crippen LogP contribution is 2.42. The Morgan fingerprint density at radius 1 is 0.347 bits per heavy atom. The van der Waals surface area contributed by atoms with Gasteiger partial charge in [0, 0.05) is 38.4 Å². The van der Waals surface area contributed by atoms with Gasteiger partial charge in [0.2, 0.25) is 0 Å². The minimum Gasteiger partial charge on any atom is -0.309 e. The Morgan fingerprint density at radius 2 is 0.898 bits per heavy atom. The van der Waals surface area contributed by atoms with Gasteiger partial charge in [-0.15, -0.1) is 0 Å². The van der Waals surface area contributed by atoms with Gasteiger partial charge in [-0.1, -0.05) is 146 Å². The number of benzene rings is 8. The van der Waals surface area contributed by atoms with E-state index in [1.165, 1.54) is 49.1 Å². The number of aromatic nitrogens is 3. The highest BCUT2D eigenvalue weighted by Gasteiger charge is 2.19. The second kappa shape index (κ2) is 11.0. The Hall–Kier alpha value is -6.58. The van der Waals surface area contributed by atoms with Crippen LogP contribution < -0.4 is 0 Å². The first-order valence-electron chi connectivity index (χ1n) is 16.7. The molecule has 0 saturated carbocycles. The fourth-order valence-electron chi connectivity index (χ4n) is 7.64. The molecule has 0 aliphatic heterocycles. The van der Waals surface area contributed by atoms with Gasteiger partial charge < -0.3 is 4.57 Å². The van der Waals surface area contributed by atoms with Gasteiger partial charge in [-0.2, -0.15) is 0 Å². The van der Waals surface area contributed by atoms with Gasteiger partial charge in [0.25, 0.3) is 0 Å². The Labute approximate surface area is 283 Å². The predicted molar refractivity (Wildman–Crippen MR) is 205 cm³/mol. The van der Waals surface area contributed by atoms with Crippen LogP contribution in [0.15, 0.2) is 176 Å². The molecule has 0 unspecified atom stereocenters. The van der Waals surface area contributed by atoms with Crippen LogP contribution in [0.3, 0.4) is 0 Å². The van der Waals surface area contributed by atoms with Crippen molar-refractivity contribution in [2.45, 2.75) is 0 Å². The third-order valence-electron chi connectivity index (χ3n) is 9.81. The molecule has 0 bridgehead atoms. The van der Waals surface area contributed by atoms with Gasteiger partial charge in [-0.25, -0.2) is 9.97 Å². The summed E-state index contributed by atoms with van der Waals surface area (Å²) in [5, 5.41) is 8.32. The fraction of sp³-hybridized carbons (Fsp3) is 0. The van der Waals surface area contributed by atoms with Crippen LogP contribution in [0.4, 0.5) is 0 Å². The van der Waals surface area contributed by atoms with Crippen molar-refractivity contribution in [2.24, 2.45) is 0 Å². The molecule has 228 valence electrons. The van der Waals surface area contributed by atoms with E-state index in [1.807, 2.05) is 12.1 Å². The van der Waals surface area contributed by atoms with E-state index in [9.17, 15) is 0 Å². The van der Waals surface area contributed by atoms with Crippen molar-refractivity contribution in [3.05, 3.63) is 176 Å². The first-order valence-corrected chi connectivity index (χ1v) is 16.7. The molecule has 3 nitrogen and oxygen atoms in total. The lowest BCUT2D eigenvalue weighted by Gasteiger charge is -2.15. The molecule has 0 saturated heterocycles. The minimum absolute atomic E-state index is 0.729. The molecular weight excluding hydrogens is 595 g/mol. The van der Waals surface area contributed by atoms with Crippen molar-refractivity contribution < 1.29 is 0 Å². The van der Waals surface area contributed by atoms with E-state index in [0.717, 1.165) is 44.6 Å². The lowest BCUT2D eigenvalue weighted by atomic mass is 9.91. The largest absolute Gasteiger partial charge is 0.309 e. The molecule has 10 rings (SSSR count). The van der Waals surface area contributed by atoms with Crippen molar-refractivity contribution in [3.8, 4) is 39.5 Å². The molecule has 0 atom stereocenters. The first-order chi connectivity index (χ1) is 24.3. The Balaban J connectivity index is 1.22. The van der Waals surface area contributed by atoms with Gasteiger partial charge >= 0.3 is 0 Å². The number of rotatable bonds is 4. The number of hydrogen-bond acceptors (Lipinski definition) is 2. The third kappa shape index (κ3) is 4.29. The van der Waals surface area contributed by atoms with Gasteiger partial charge in [-0.05, 0) is 57.6 Å². The normalized spacial score (nSPS) is 11.7. The van der Waals surface area contributed by atoms with Crippen LogP contribution in [0.1, 0.15) is 0 Å². The van der Waals surface area contributed by atoms with E-state index in [1.54, 1.807) is 0 Å². The predicted octanol–water partition coefficient (Wildman–Crippen LogP) is 12.0. The van der Waals surface area contributed by atoms with Gasteiger partial charge in [0.05, 0.1) is 22.2 Å². The van der Waals surface area contributed by atoms with Crippen LogP contribution >= 0.6 is 0 Å². The van der Waals surface area contributed by atoms with Crippen LogP contribution in [0, 0.1) is 0 Å². The third-order valence-corrected chi connectivity index (χ3v) is 9.81. The van der Waals surface area contributed by atoms with Crippen molar-refractivity contribution in [3.63, 3.8) is 0 Å². The summed E-state index contributed by atoms with van der Waals surface area (Å²) in [4.78, 5) is 10.3. The second-order valence-corrected chi connectivity index (χ2v) is 12.5. The second-order valence-electron chi connectivity index (χ2n) is 12.5. The zero-order valence-electron chi connectivity index (χ0n) is 26.6. The summed E-state index contributed by atoms with van der Waals surface area (Å²) >= 11 is 0. The smallest absolute Gasteiger partial charge is 0.161 e. The highest BCUT2D eigenvalue weighted by atomic mass is 15.0. The topological polar surface area (TPSA) is 30.7 Å². The molecule has 0 fully saturated rings. The summed E-state index contributed by atoms with van der Waals surface area (Å²) in [5.74, 6) is 0.729.